The molecule has 0 fully saturated rings. The van der Waals surface area contributed by atoms with Gasteiger partial charge in [-0.05, 0) is 12.1 Å². The van der Waals surface area contributed by atoms with Gasteiger partial charge in [-0.1, -0.05) is 0 Å². The molecule has 116 valence electrons. The Labute approximate surface area is 121 Å². The van der Waals surface area contributed by atoms with Crippen LogP contribution in [0.25, 0.3) is 0 Å². The quantitative estimate of drug-likeness (QED) is 0.708. The molecule has 0 aliphatic heterocycles. The van der Waals surface area contributed by atoms with Gasteiger partial charge < -0.3 is 25.2 Å². The first-order chi connectivity index (χ1) is 9.97. The molecule has 7 nitrogen and oxygen atoms in total. The van der Waals surface area contributed by atoms with Crippen LogP contribution in [0.1, 0.15) is 6.42 Å². The zero-order valence-corrected chi connectivity index (χ0v) is 11.7. The maximum atomic E-state index is 13.5. The molecule has 0 saturated carbocycles. The third-order valence-corrected chi connectivity index (χ3v) is 2.64. The van der Waals surface area contributed by atoms with E-state index in [1.54, 1.807) is 0 Å². The number of aliphatic carboxylic acids is 1. The summed E-state index contributed by atoms with van der Waals surface area (Å²) in [4.78, 5) is 22.7. The average molecular weight is 300 g/mol. The number of carboxylic acids is 1. The second-order valence-electron chi connectivity index (χ2n) is 4.12. The first-order valence-electron chi connectivity index (χ1n) is 6.10. The molecule has 0 aromatic heterocycles. The first kappa shape index (κ1) is 16.7. The van der Waals surface area contributed by atoms with Crippen molar-refractivity contribution in [3.63, 3.8) is 0 Å². The molecule has 0 heterocycles. The molecule has 0 aliphatic rings. The number of hydrogen-bond donors (Lipinski definition) is 3. The average Bonchev–Trinajstić information content (AvgIpc) is 2.45. The number of urea groups is 1. The number of ether oxygens (including phenoxy) is 2. The predicted molar refractivity (Wildman–Crippen MR) is 73.0 cm³/mol. The van der Waals surface area contributed by atoms with Crippen LogP contribution >= 0.6 is 0 Å². The fraction of sp³-hybridized carbons (Fsp3) is 0.385. The monoisotopic (exact) mass is 300 g/mol. The highest BCUT2D eigenvalue weighted by Gasteiger charge is 2.20. The number of anilines is 1. The molecule has 1 aromatic rings. The Balaban J connectivity index is 2.69. The van der Waals surface area contributed by atoms with Crippen LogP contribution < -0.4 is 15.4 Å². The zero-order chi connectivity index (χ0) is 15.8. The van der Waals surface area contributed by atoms with E-state index in [0.717, 1.165) is 6.07 Å². The summed E-state index contributed by atoms with van der Waals surface area (Å²) in [5.41, 5.74) is -0.109. The predicted octanol–water partition coefficient (Wildman–Crippen LogP) is 1.45. The maximum Gasteiger partial charge on any atom is 0.326 e. The number of carbonyl (C=O) groups excluding carboxylic acids is 1. The van der Waals surface area contributed by atoms with Gasteiger partial charge in [0.25, 0.3) is 0 Å². The molecule has 8 heteroatoms. The number of benzene rings is 1. The van der Waals surface area contributed by atoms with E-state index in [1.165, 1.54) is 26.4 Å². The highest BCUT2D eigenvalue weighted by atomic mass is 19.1. The van der Waals surface area contributed by atoms with Crippen molar-refractivity contribution in [1.29, 1.82) is 0 Å². The second kappa shape index (κ2) is 8.05. The summed E-state index contributed by atoms with van der Waals surface area (Å²) >= 11 is 0. The number of halogens is 1. The van der Waals surface area contributed by atoms with Gasteiger partial charge in [-0.25, -0.2) is 14.0 Å². The number of rotatable bonds is 7. The third-order valence-electron chi connectivity index (χ3n) is 2.64. The second-order valence-corrected chi connectivity index (χ2v) is 4.12. The number of amides is 2. The Hall–Kier alpha value is -2.35. The number of methoxy groups -OCH3 is 2. The number of nitrogens with one attached hydrogen (secondary N) is 2. The molecule has 0 bridgehead atoms. The van der Waals surface area contributed by atoms with E-state index in [9.17, 15) is 14.0 Å². The van der Waals surface area contributed by atoms with Gasteiger partial charge >= 0.3 is 12.0 Å². The number of hydrogen-bond acceptors (Lipinski definition) is 4. The summed E-state index contributed by atoms with van der Waals surface area (Å²) in [6.45, 7) is 0.171. The van der Waals surface area contributed by atoms with Gasteiger partial charge in [-0.3, -0.25) is 0 Å². The Morgan fingerprint density at radius 1 is 1.38 bits per heavy atom. The SMILES string of the molecule is COCCC(NC(=O)Nc1cc(OC)ccc1F)C(=O)O. The lowest BCUT2D eigenvalue weighted by Gasteiger charge is -2.15. The van der Waals surface area contributed by atoms with Crippen LogP contribution in [0.5, 0.6) is 5.75 Å². The van der Waals surface area contributed by atoms with Crippen molar-refractivity contribution in [1.82, 2.24) is 5.32 Å². The summed E-state index contributed by atoms with van der Waals surface area (Å²) in [6, 6.07) is 1.87. The van der Waals surface area contributed by atoms with E-state index >= 15 is 0 Å². The minimum absolute atomic E-state index is 0.0971. The molecular weight excluding hydrogens is 283 g/mol. The molecular formula is C13H17FN2O5. The van der Waals surface area contributed by atoms with Crippen LogP contribution in [0, 0.1) is 5.82 Å². The van der Waals surface area contributed by atoms with E-state index in [4.69, 9.17) is 14.6 Å². The molecule has 1 atom stereocenters. The first-order valence-corrected chi connectivity index (χ1v) is 6.10. The van der Waals surface area contributed by atoms with E-state index in [1.807, 2.05) is 0 Å². The molecule has 0 aliphatic carbocycles. The standard InChI is InChI=1S/C13H17FN2O5/c1-20-6-5-10(12(17)18)15-13(19)16-11-7-8(21-2)3-4-9(11)14/h3-4,7,10H,5-6H2,1-2H3,(H,17,18)(H2,15,16,19). The Morgan fingerprint density at radius 3 is 2.67 bits per heavy atom. The van der Waals surface area contributed by atoms with Crippen LogP contribution in [-0.2, 0) is 9.53 Å². The van der Waals surface area contributed by atoms with E-state index < -0.39 is 23.9 Å². The van der Waals surface area contributed by atoms with Gasteiger partial charge in [0.2, 0.25) is 0 Å². The van der Waals surface area contributed by atoms with Crippen molar-refractivity contribution in [2.45, 2.75) is 12.5 Å². The lowest BCUT2D eigenvalue weighted by molar-refractivity contribution is -0.139. The molecule has 1 unspecified atom stereocenters. The highest BCUT2D eigenvalue weighted by Crippen LogP contribution is 2.20. The summed E-state index contributed by atoms with van der Waals surface area (Å²) < 4.78 is 23.2. The van der Waals surface area contributed by atoms with Crippen LogP contribution in [0.3, 0.4) is 0 Å². The number of carboxylic acid groups (broad SMARTS) is 1. The molecule has 0 saturated heterocycles. The Kier molecular flexibility index (Phi) is 6.41. The minimum atomic E-state index is -1.20. The van der Waals surface area contributed by atoms with Crippen LogP contribution in [-0.4, -0.2) is 44.0 Å². The van der Waals surface area contributed by atoms with Crippen molar-refractivity contribution in [3.8, 4) is 5.75 Å². The molecule has 1 rings (SSSR count). The molecule has 2 amide bonds. The molecule has 0 spiro atoms. The lowest BCUT2D eigenvalue weighted by atomic mass is 10.2. The molecule has 3 N–H and O–H groups in total. The van der Waals surface area contributed by atoms with Gasteiger partial charge in [0, 0.05) is 26.2 Å². The fourth-order valence-corrected chi connectivity index (χ4v) is 1.54. The van der Waals surface area contributed by atoms with Crippen molar-refractivity contribution >= 4 is 17.7 Å². The lowest BCUT2D eigenvalue weighted by Crippen LogP contribution is -2.43. The Bertz CT molecular complexity index is 509. The van der Waals surface area contributed by atoms with Gasteiger partial charge in [-0.2, -0.15) is 0 Å². The van der Waals surface area contributed by atoms with Crippen molar-refractivity contribution in [2.24, 2.45) is 0 Å². The minimum Gasteiger partial charge on any atom is -0.497 e. The maximum absolute atomic E-state index is 13.5. The largest absolute Gasteiger partial charge is 0.497 e. The van der Waals surface area contributed by atoms with E-state index in [-0.39, 0.29) is 18.7 Å². The van der Waals surface area contributed by atoms with Crippen LogP contribution in [0.15, 0.2) is 18.2 Å². The summed E-state index contributed by atoms with van der Waals surface area (Å²) in [6.07, 6.45) is 0.0971. The summed E-state index contributed by atoms with van der Waals surface area (Å²) in [7, 11) is 2.83. The topological polar surface area (TPSA) is 96.9 Å². The molecule has 1 aromatic carbocycles. The van der Waals surface area contributed by atoms with Crippen LogP contribution in [0.2, 0.25) is 0 Å². The van der Waals surface area contributed by atoms with Crippen molar-refractivity contribution < 1.29 is 28.6 Å². The molecule has 0 radical (unpaired) electrons. The third kappa shape index (κ3) is 5.27. The van der Waals surface area contributed by atoms with Crippen LogP contribution in [0.4, 0.5) is 14.9 Å². The summed E-state index contributed by atoms with van der Waals surface area (Å²) in [5, 5.41) is 13.4. The van der Waals surface area contributed by atoms with Gasteiger partial charge in [-0.15, -0.1) is 0 Å². The highest BCUT2D eigenvalue weighted by molar-refractivity contribution is 5.92. The van der Waals surface area contributed by atoms with Gasteiger partial charge in [0.05, 0.1) is 12.8 Å². The zero-order valence-electron chi connectivity index (χ0n) is 11.7. The van der Waals surface area contributed by atoms with Crippen molar-refractivity contribution in [2.75, 3.05) is 26.1 Å². The Morgan fingerprint density at radius 2 is 2.10 bits per heavy atom. The van der Waals surface area contributed by atoms with E-state index in [2.05, 4.69) is 10.6 Å². The van der Waals surface area contributed by atoms with Gasteiger partial charge in [0.1, 0.15) is 17.6 Å². The van der Waals surface area contributed by atoms with E-state index in [0.29, 0.717) is 5.75 Å². The molecule has 21 heavy (non-hydrogen) atoms. The van der Waals surface area contributed by atoms with Crippen molar-refractivity contribution in [3.05, 3.63) is 24.0 Å². The number of carbonyl (C=O) groups is 2. The smallest absolute Gasteiger partial charge is 0.326 e. The fourth-order valence-electron chi connectivity index (χ4n) is 1.54. The normalized spacial score (nSPS) is 11.6. The summed E-state index contributed by atoms with van der Waals surface area (Å²) in [5.74, 6) is -1.50. The van der Waals surface area contributed by atoms with Gasteiger partial charge in [0.15, 0.2) is 0 Å².